The Morgan fingerprint density at radius 2 is 2.04 bits per heavy atom. The topological polar surface area (TPSA) is 64.6 Å². The third kappa shape index (κ3) is 3.24. The standard InChI is InChI=1S/C18H17NO4/c1-2-22-19-17(20)13-8-9-15-14(10-13)11-16(23-18(15)21)12-6-4-3-5-7-12/h3-10,16H,2,11H2,1H3,(H,19,20)/t16-/m0/s1. The van der Waals surface area contributed by atoms with Crippen LogP contribution in [0.25, 0.3) is 0 Å². The molecule has 5 nitrogen and oxygen atoms in total. The van der Waals surface area contributed by atoms with Gasteiger partial charge in [0, 0.05) is 12.0 Å². The second kappa shape index (κ2) is 6.62. The molecule has 3 rings (SSSR count). The molecule has 1 heterocycles. The Labute approximate surface area is 134 Å². The van der Waals surface area contributed by atoms with E-state index in [0.29, 0.717) is 24.2 Å². The SMILES string of the molecule is CCONC(=O)c1ccc2c(c1)C[C@@H](c1ccccc1)OC2=O. The molecule has 0 unspecified atom stereocenters. The number of fused-ring (bicyclic) bond motifs is 1. The minimum Gasteiger partial charge on any atom is -0.454 e. The van der Waals surface area contributed by atoms with Crippen LogP contribution in [0.15, 0.2) is 48.5 Å². The third-order valence-electron chi connectivity index (χ3n) is 3.72. The van der Waals surface area contributed by atoms with Crippen LogP contribution in [0.1, 0.15) is 44.9 Å². The van der Waals surface area contributed by atoms with Crippen LogP contribution in [-0.2, 0) is 16.0 Å². The molecule has 0 fully saturated rings. The molecular weight excluding hydrogens is 294 g/mol. The van der Waals surface area contributed by atoms with Crippen molar-refractivity contribution in [3.05, 3.63) is 70.8 Å². The Morgan fingerprint density at radius 1 is 1.26 bits per heavy atom. The summed E-state index contributed by atoms with van der Waals surface area (Å²) in [7, 11) is 0. The van der Waals surface area contributed by atoms with Gasteiger partial charge in [0.05, 0.1) is 12.2 Å². The number of ether oxygens (including phenoxy) is 1. The maximum Gasteiger partial charge on any atom is 0.339 e. The number of amides is 1. The maximum atomic E-state index is 12.2. The predicted molar refractivity (Wildman–Crippen MR) is 83.8 cm³/mol. The molecule has 118 valence electrons. The van der Waals surface area contributed by atoms with Gasteiger partial charge in [-0.3, -0.25) is 9.63 Å². The highest BCUT2D eigenvalue weighted by molar-refractivity contribution is 5.97. The molecule has 0 aromatic heterocycles. The Bertz CT molecular complexity index is 727. The van der Waals surface area contributed by atoms with E-state index in [4.69, 9.17) is 9.57 Å². The van der Waals surface area contributed by atoms with Crippen LogP contribution in [0.4, 0.5) is 0 Å². The molecule has 1 amide bonds. The van der Waals surface area contributed by atoms with Crippen molar-refractivity contribution < 1.29 is 19.2 Å². The van der Waals surface area contributed by atoms with Gasteiger partial charge in [-0.05, 0) is 36.2 Å². The zero-order valence-corrected chi connectivity index (χ0v) is 12.7. The first kappa shape index (κ1) is 15.2. The molecule has 1 N–H and O–H groups in total. The predicted octanol–water partition coefficient (Wildman–Crippen LogP) is 2.82. The molecule has 0 saturated heterocycles. The third-order valence-corrected chi connectivity index (χ3v) is 3.72. The number of benzene rings is 2. The smallest absolute Gasteiger partial charge is 0.339 e. The molecule has 5 heteroatoms. The summed E-state index contributed by atoms with van der Waals surface area (Å²) in [5.74, 6) is -0.693. The second-order valence-electron chi connectivity index (χ2n) is 5.24. The van der Waals surface area contributed by atoms with Crippen LogP contribution < -0.4 is 5.48 Å². The molecule has 0 bridgehead atoms. The van der Waals surface area contributed by atoms with Crippen molar-refractivity contribution in [1.82, 2.24) is 5.48 Å². The van der Waals surface area contributed by atoms with Crippen LogP contribution in [0.3, 0.4) is 0 Å². The highest BCUT2D eigenvalue weighted by atomic mass is 16.6. The Morgan fingerprint density at radius 3 is 2.78 bits per heavy atom. The van der Waals surface area contributed by atoms with Gasteiger partial charge in [0.25, 0.3) is 5.91 Å². The van der Waals surface area contributed by atoms with E-state index in [2.05, 4.69) is 5.48 Å². The van der Waals surface area contributed by atoms with E-state index in [-0.39, 0.29) is 18.0 Å². The van der Waals surface area contributed by atoms with Crippen molar-refractivity contribution in [2.45, 2.75) is 19.4 Å². The van der Waals surface area contributed by atoms with Crippen molar-refractivity contribution in [1.29, 1.82) is 0 Å². The lowest BCUT2D eigenvalue weighted by molar-refractivity contribution is 0.0251. The molecule has 0 aliphatic carbocycles. The summed E-state index contributed by atoms with van der Waals surface area (Å²) in [5.41, 5.74) is 5.06. The van der Waals surface area contributed by atoms with Crippen molar-refractivity contribution >= 4 is 11.9 Å². The zero-order chi connectivity index (χ0) is 16.2. The summed E-state index contributed by atoms with van der Waals surface area (Å²) in [4.78, 5) is 29.1. The van der Waals surface area contributed by atoms with Gasteiger partial charge in [0.15, 0.2) is 0 Å². The number of cyclic esters (lactones) is 1. The molecule has 2 aromatic carbocycles. The quantitative estimate of drug-likeness (QED) is 0.696. The Balaban J connectivity index is 1.87. The largest absolute Gasteiger partial charge is 0.454 e. The van der Waals surface area contributed by atoms with E-state index >= 15 is 0 Å². The Hall–Kier alpha value is -2.66. The van der Waals surface area contributed by atoms with Gasteiger partial charge >= 0.3 is 5.97 Å². The molecule has 1 atom stereocenters. The van der Waals surface area contributed by atoms with Gasteiger partial charge < -0.3 is 4.74 Å². The summed E-state index contributed by atoms with van der Waals surface area (Å²) in [6.07, 6.45) is 0.210. The molecule has 1 aliphatic heterocycles. The normalized spacial score (nSPS) is 16.4. The van der Waals surface area contributed by atoms with Crippen LogP contribution in [0.2, 0.25) is 0 Å². The first-order valence-corrected chi connectivity index (χ1v) is 7.50. The van der Waals surface area contributed by atoms with Crippen molar-refractivity contribution in [2.24, 2.45) is 0 Å². The molecule has 1 aliphatic rings. The number of carbonyl (C=O) groups is 2. The average Bonchev–Trinajstić information content (AvgIpc) is 2.59. The minimum atomic E-state index is -0.364. The highest BCUT2D eigenvalue weighted by Gasteiger charge is 2.28. The van der Waals surface area contributed by atoms with E-state index in [9.17, 15) is 9.59 Å². The maximum absolute atomic E-state index is 12.2. The fourth-order valence-electron chi connectivity index (χ4n) is 2.59. The lowest BCUT2D eigenvalue weighted by Gasteiger charge is -2.25. The molecule has 2 aromatic rings. The van der Waals surface area contributed by atoms with E-state index in [1.54, 1.807) is 25.1 Å². The Kier molecular flexibility index (Phi) is 4.39. The molecule has 23 heavy (non-hydrogen) atoms. The summed E-state index contributed by atoms with van der Waals surface area (Å²) >= 11 is 0. The molecule has 0 saturated carbocycles. The zero-order valence-electron chi connectivity index (χ0n) is 12.7. The lowest BCUT2D eigenvalue weighted by atomic mass is 9.93. The van der Waals surface area contributed by atoms with Crippen molar-refractivity contribution in [3.63, 3.8) is 0 Å². The summed E-state index contributed by atoms with van der Waals surface area (Å²) in [5, 5.41) is 0. The van der Waals surface area contributed by atoms with E-state index < -0.39 is 0 Å². The number of rotatable bonds is 4. The minimum absolute atomic E-state index is 0.329. The summed E-state index contributed by atoms with van der Waals surface area (Å²) < 4.78 is 5.50. The van der Waals surface area contributed by atoms with Crippen LogP contribution in [-0.4, -0.2) is 18.5 Å². The second-order valence-corrected chi connectivity index (χ2v) is 5.24. The summed E-state index contributed by atoms with van der Waals surface area (Å²) in [6.45, 7) is 2.17. The molecule has 0 radical (unpaired) electrons. The van der Waals surface area contributed by atoms with Gasteiger partial charge in [-0.1, -0.05) is 30.3 Å². The van der Waals surface area contributed by atoms with Crippen molar-refractivity contribution in [2.75, 3.05) is 6.61 Å². The first-order valence-electron chi connectivity index (χ1n) is 7.50. The van der Waals surface area contributed by atoms with E-state index in [1.165, 1.54) is 0 Å². The van der Waals surface area contributed by atoms with Crippen LogP contribution in [0, 0.1) is 0 Å². The molecular formula is C18H17NO4. The van der Waals surface area contributed by atoms with Crippen molar-refractivity contribution in [3.8, 4) is 0 Å². The summed E-state index contributed by atoms with van der Waals surface area (Å²) in [6, 6.07) is 14.5. The number of hydroxylamine groups is 1. The van der Waals surface area contributed by atoms with Gasteiger partial charge in [-0.2, -0.15) is 0 Å². The molecule has 0 spiro atoms. The average molecular weight is 311 g/mol. The van der Waals surface area contributed by atoms with Gasteiger partial charge in [-0.15, -0.1) is 0 Å². The van der Waals surface area contributed by atoms with E-state index in [1.807, 2.05) is 30.3 Å². The fraction of sp³-hybridized carbons (Fsp3) is 0.222. The number of esters is 1. The number of hydrogen-bond acceptors (Lipinski definition) is 4. The highest BCUT2D eigenvalue weighted by Crippen LogP contribution is 2.30. The lowest BCUT2D eigenvalue weighted by Crippen LogP contribution is -2.25. The van der Waals surface area contributed by atoms with Gasteiger partial charge in [0.2, 0.25) is 0 Å². The van der Waals surface area contributed by atoms with E-state index in [0.717, 1.165) is 11.1 Å². The van der Waals surface area contributed by atoms with Gasteiger partial charge in [-0.25, -0.2) is 10.3 Å². The monoisotopic (exact) mass is 311 g/mol. The van der Waals surface area contributed by atoms with Crippen LogP contribution >= 0.6 is 0 Å². The number of carbonyl (C=O) groups excluding carboxylic acids is 2. The number of nitrogens with one attached hydrogen (secondary N) is 1. The van der Waals surface area contributed by atoms with Gasteiger partial charge in [0.1, 0.15) is 6.10 Å². The first-order chi connectivity index (χ1) is 11.2. The fourth-order valence-corrected chi connectivity index (χ4v) is 2.59. The van der Waals surface area contributed by atoms with Crippen LogP contribution in [0.5, 0.6) is 0 Å². The number of hydrogen-bond donors (Lipinski definition) is 1.